The summed E-state index contributed by atoms with van der Waals surface area (Å²) >= 11 is 6.07. The molecule has 0 bridgehead atoms. The monoisotopic (exact) mass is 212 g/mol. The Balaban J connectivity index is 2.51. The Hall–Kier alpha value is -0.570. The third-order valence-electron chi connectivity index (χ3n) is 2.20. The largest absolute Gasteiger partial charge is 0.330 e. The van der Waals surface area contributed by atoms with Crippen LogP contribution in [-0.4, -0.2) is 13.1 Å². The molecule has 14 heavy (non-hydrogen) atoms. The molecular weight excluding hydrogens is 196 g/mol. The van der Waals surface area contributed by atoms with Crippen LogP contribution in [0.2, 0.25) is 5.02 Å². The summed E-state index contributed by atoms with van der Waals surface area (Å²) in [6.45, 7) is 3.77. The standard InChI is InChI=1S/C11H17ClN2/c1-9(14-8-4-7-13)10-5-2-3-6-11(10)12/h2-3,5-6,9,14H,4,7-8,13H2,1H3/t9-/m1/s1. The fourth-order valence-corrected chi connectivity index (χ4v) is 1.66. The van der Waals surface area contributed by atoms with Crippen LogP contribution in [0.4, 0.5) is 0 Å². The van der Waals surface area contributed by atoms with Gasteiger partial charge in [-0.25, -0.2) is 0 Å². The normalized spacial score (nSPS) is 12.8. The lowest BCUT2D eigenvalue weighted by molar-refractivity contribution is 0.562. The van der Waals surface area contributed by atoms with Crippen molar-refractivity contribution < 1.29 is 0 Å². The summed E-state index contributed by atoms with van der Waals surface area (Å²) in [7, 11) is 0. The van der Waals surface area contributed by atoms with Crippen molar-refractivity contribution in [2.75, 3.05) is 13.1 Å². The first-order chi connectivity index (χ1) is 6.75. The van der Waals surface area contributed by atoms with Gasteiger partial charge in [0.05, 0.1) is 0 Å². The fraction of sp³-hybridized carbons (Fsp3) is 0.455. The fourth-order valence-electron chi connectivity index (χ4n) is 1.36. The van der Waals surface area contributed by atoms with Gasteiger partial charge in [-0.2, -0.15) is 0 Å². The van der Waals surface area contributed by atoms with Crippen molar-refractivity contribution >= 4 is 11.6 Å². The number of hydrogen-bond acceptors (Lipinski definition) is 2. The van der Waals surface area contributed by atoms with E-state index in [1.807, 2.05) is 24.3 Å². The number of nitrogens with one attached hydrogen (secondary N) is 1. The average Bonchev–Trinajstić information content (AvgIpc) is 2.18. The van der Waals surface area contributed by atoms with E-state index in [1.165, 1.54) is 0 Å². The van der Waals surface area contributed by atoms with Crippen molar-refractivity contribution in [1.82, 2.24) is 5.32 Å². The van der Waals surface area contributed by atoms with Crippen molar-refractivity contribution in [3.8, 4) is 0 Å². The Bertz CT molecular complexity index is 276. The molecular formula is C11H17ClN2. The van der Waals surface area contributed by atoms with E-state index in [2.05, 4.69) is 12.2 Å². The molecule has 3 N–H and O–H groups in total. The quantitative estimate of drug-likeness (QED) is 0.736. The molecule has 0 amide bonds. The second kappa shape index (κ2) is 6.02. The van der Waals surface area contributed by atoms with Gasteiger partial charge in [0, 0.05) is 11.1 Å². The van der Waals surface area contributed by atoms with Gasteiger partial charge >= 0.3 is 0 Å². The number of rotatable bonds is 5. The van der Waals surface area contributed by atoms with Gasteiger partial charge in [0.1, 0.15) is 0 Å². The molecule has 0 radical (unpaired) electrons. The summed E-state index contributed by atoms with van der Waals surface area (Å²) in [5.74, 6) is 0. The average molecular weight is 213 g/mol. The molecule has 1 rings (SSSR count). The minimum absolute atomic E-state index is 0.287. The molecule has 0 aromatic heterocycles. The Labute approximate surface area is 90.4 Å². The highest BCUT2D eigenvalue weighted by atomic mass is 35.5. The molecule has 1 aromatic carbocycles. The van der Waals surface area contributed by atoms with Gasteiger partial charge in [0.15, 0.2) is 0 Å². The molecule has 0 aliphatic rings. The Morgan fingerprint density at radius 1 is 1.43 bits per heavy atom. The molecule has 0 fully saturated rings. The summed E-state index contributed by atoms with van der Waals surface area (Å²) in [5, 5.41) is 4.20. The molecule has 1 atom stereocenters. The molecule has 2 nitrogen and oxygen atoms in total. The molecule has 0 saturated heterocycles. The van der Waals surface area contributed by atoms with Gasteiger partial charge in [-0.3, -0.25) is 0 Å². The highest BCUT2D eigenvalue weighted by Crippen LogP contribution is 2.21. The van der Waals surface area contributed by atoms with Crippen LogP contribution in [0.15, 0.2) is 24.3 Å². The zero-order chi connectivity index (χ0) is 10.4. The lowest BCUT2D eigenvalue weighted by atomic mass is 10.1. The number of halogens is 1. The SMILES string of the molecule is C[C@@H](NCCCN)c1ccccc1Cl. The third-order valence-corrected chi connectivity index (χ3v) is 2.55. The minimum Gasteiger partial charge on any atom is -0.330 e. The van der Waals surface area contributed by atoms with E-state index < -0.39 is 0 Å². The van der Waals surface area contributed by atoms with Crippen molar-refractivity contribution in [3.05, 3.63) is 34.9 Å². The number of hydrogen-bond donors (Lipinski definition) is 2. The second-order valence-electron chi connectivity index (χ2n) is 3.34. The van der Waals surface area contributed by atoms with Crippen molar-refractivity contribution in [2.24, 2.45) is 5.73 Å². The van der Waals surface area contributed by atoms with Crippen LogP contribution in [0, 0.1) is 0 Å². The van der Waals surface area contributed by atoms with Crippen LogP contribution < -0.4 is 11.1 Å². The van der Waals surface area contributed by atoms with E-state index in [0.29, 0.717) is 0 Å². The van der Waals surface area contributed by atoms with E-state index in [1.54, 1.807) is 0 Å². The van der Waals surface area contributed by atoms with E-state index in [9.17, 15) is 0 Å². The summed E-state index contributed by atoms with van der Waals surface area (Å²) in [4.78, 5) is 0. The van der Waals surface area contributed by atoms with Crippen LogP contribution in [0.25, 0.3) is 0 Å². The molecule has 0 unspecified atom stereocenters. The van der Waals surface area contributed by atoms with Gasteiger partial charge in [0.2, 0.25) is 0 Å². The highest BCUT2D eigenvalue weighted by Gasteiger charge is 2.06. The van der Waals surface area contributed by atoms with Crippen molar-refractivity contribution in [2.45, 2.75) is 19.4 Å². The van der Waals surface area contributed by atoms with Crippen LogP contribution in [0.1, 0.15) is 24.9 Å². The predicted octanol–water partition coefficient (Wildman–Crippen LogP) is 2.34. The number of nitrogens with two attached hydrogens (primary N) is 1. The lowest BCUT2D eigenvalue weighted by Crippen LogP contribution is -2.22. The molecule has 0 saturated carbocycles. The van der Waals surface area contributed by atoms with Crippen molar-refractivity contribution in [1.29, 1.82) is 0 Å². The van der Waals surface area contributed by atoms with Crippen LogP contribution in [0.5, 0.6) is 0 Å². The van der Waals surface area contributed by atoms with E-state index in [-0.39, 0.29) is 6.04 Å². The molecule has 78 valence electrons. The topological polar surface area (TPSA) is 38.0 Å². The highest BCUT2D eigenvalue weighted by molar-refractivity contribution is 6.31. The van der Waals surface area contributed by atoms with Gasteiger partial charge in [-0.1, -0.05) is 29.8 Å². The summed E-state index contributed by atoms with van der Waals surface area (Å²) in [6.07, 6.45) is 0.995. The van der Waals surface area contributed by atoms with Crippen LogP contribution in [0.3, 0.4) is 0 Å². The maximum atomic E-state index is 6.07. The van der Waals surface area contributed by atoms with Gasteiger partial charge in [-0.05, 0) is 38.1 Å². The second-order valence-corrected chi connectivity index (χ2v) is 3.75. The maximum absolute atomic E-state index is 6.07. The van der Waals surface area contributed by atoms with E-state index in [0.717, 1.165) is 30.1 Å². The molecule has 0 aliphatic carbocycles. The minimum atomic E-state index is 0.287. The predicted molar refractivity (Wildman–Crippen MR) is 61.5 cm³/mol. The Kier molecular flexibility index (Phi) is 4.94. The van der Waals surface area contributed by atoms with Crippen molar-refractivity contribution in [3.63, 3.8) is 0 Å². The first kappa shape index (κ1) is 11.5. The maximum Gasteiger partial charge on any atom is 0.0453 e. The Morgan fingerprint density at radius 2 is 2.14 bits per heavy atom. The zero-order valence-electron chi connectivity index (χ0n) is 8.46. The molecule has 0 heterocycles. The summed E-state index contributed by atoms with van der Waals surface area (Å²) in [5.41, 5.74) is 6.56. The van der Waals surface area contributed by atoms with E-state index in [4.69, 9.17) is 17.3 Å². The van der Waals surface area contributed by atoms with Gasteiger partial charge in [-0.15, -0.1) is 0 Å². The van der Waals surface area contributed by atoms with Gasteiger partial charge < -0.3 is 11.1 Å². The lowest BCUT2D eigenvalue weighted by Gasteiger charge is -2.15. The third kappa shape index (κ3) is 3.29. The zero-order valence-corrected chi connectivity index (χ0v) is 9.22. The molecule has 0 aliphatic heterocycles. The van der Waals surface area contributed by atoms with E-state index >= 15 is 0 Å². The van der Waals surface area contributed by atoms with Crippen LogP contribution >= 0.6 is 11.6 Å². The molecule has 0 spiro atoms. The summed E-state index contributed by atoms with van der Waals surface area (Å²) < 4.78 is 0. The molecule has 1 aromatic rings. The number of benzene rings is 1. The smallest absolute Gasteiger partial charge is 0.0453 e. The van der Waals surface area contributed by atoms with Gasteiger partial charge in [0.25, 0.3) is 0 Å². The first-order valence-electron chi connectivity index (χ1n) is 4.93. The van der Waals surface area contributed by atoms with Crippen LogP contribution in [-0.2, 0) is 0 Å². The summed E-state index contributed by atoms with van der Waals surface area (Å²) in [6, 6.07) is 8.19. The molecule has 3 heteroatoms. The Morgan fingerprint density at radius 3 is 2.79 bits per heavy atom. The first-order valence-corrected chi connectivity index (χ1v) is 5.31.